The number of aromatic amines is 2. The maximum atomic E-state index is 11.6. The molecular formula is C10H14ClN3O2. The predicted molar refractivity (Wildman–Crippen MR) is 65.5 cm³/mol. The average molecular weight is 244 g/mol. The molecule has 6 heteroatoms. The zero-order valence-corrected chi connectivity index (χ0v) is 9.69. The van der Waals surface area contributed by atoms with Gasteiger partial charge in [0.05, 0.1) is 12.5 Å². The number of ether oxygens (including phenoxy) is 1. The number of hydrogen-bond acceptors (Lipinski definition) is 3. The van der Waals surface area contributed by atoms with Crippen LogP contribution in [0.25, 0.3) is 10.9 Å². The maximum absolute atomic E-state index is 11.6. The van der Waals surface area contributed by atoms with Gasteiger partial charge < -0.3 is 10.5 Å². The lowest BCUT2D eigenvalue weighted by Gasteiger charge is -2.04. The number of nitrogens with two attached hydrogens (primary N) is 1. The fourth-order valence-corrected chi connectivity index (χ4v) is 1.73. The topological polar surface area (TPSA) is 83.9 Å². The highest BCUT2D eigenvalue weighted by Crippen LogP contribution is 2.23. The number of H-pyrrole nitrogens is 2. The van der Waals surface area contributed by atoms with Crippen molar-refractivity contribution in [3.05, 3.63) is 28.0 Å². The van der Waals surface area contributed by atoms with Gasteiger partial charge in [0.1, 0.15) is 11.3 Å². The van der Waals surface area contributed by atoms with Crippen LogP contribution in [-0.4, -0.2) is 23.9 Å². The minimum Gasteiger partial charge on any atom is -0.494 e. The van der Waals surface area contributed by atoms with Gasteiger partial charge in [-0.1, -0.05) is 6.07 Å². The summed E-state index contributed by atoms with van der Waals surface area (Å²) in [5.74, 6) is 0.657. The molecule has 16 heavy (non-hydrogen) atoms. The van der Waals surface area contributed by atoms with Crippen molar-refractivity contribution in [1.82, 2.24) is 10.2 Å². The van der Waals surface area contributed by atoms with Gasteiger partial charge in [0.2, 0.25) is 0 Å². The Morgan fingerprint density at radius 2 is 2.12 bits per heavy atom. The van der Waals surface area contributed by atoms with Crippen LogP contribution in [0.5, 0.6) is 5.75 Å². The summed E-state index contributed by atoms with van der Waals surface area (Å²) in [6.45, 7) is 0.520. The first-order valence-corrected chi connectivity index (χ1v) is 4.74. The molecule has 0 aliphatic carbocycles. The first-order chi connectivity index (χ1) is 7.27. The lowest BCUT2D eigenvalue weighted by Crippen LogP contribution is -2.07. The Morgan fingerprint density at radius 1 is 1.38 bits per heavy atom. The highest BCUT2D eigenvalue weighted by molar-refractivity contribution is 5.87. The van der Waals surface area contributed by atoms with Crippen molar-refractivity contribution >= 4 is 23.3 Å². The Morgan fingerprint density at radius 3 is 2.75 bits per heavy atom. The summed E-state index contributed by atoms with van der Waals surface area (Å²) >= 11 is 0. The molecule has 4 N–H and O–H groups in total. The van der Waals surface area contributed by atoms with E-state index in [1.165, 1.54) is 0 Å². The number of nitrogens with one attached hydrogen (secondary N) is 2. The van der Waals surface area contributed by atoms with E-state index in [9.17, 15) is 4.79 Å². The summed E-state index contributed by atoms with van der Waals surface area (Å²) in [5.41, 5.74) is 7.00. The zero-order chi connectivity index (χ0) is 10.8. The third kappa shape index (κ3) is 1.91. The number of hydrogen-bond donors (Lipinski definition) is 3. The fourth-order valence-electron chi connectivity index (χ4n) is 1.73. The van der Waals surface area contributed by atoms with Crippen LogP contribution in [0, 0.1) is 0 Å². The van der Waals surface area contributed by atoms with Gasteiger partial charge >= 0.3 is 0 Å². The summed E-state index contributed by atoms with van der Waals surface area (Å²) in [6.07, 6.45) is 0.682. The molecule has 0 amide bonds. The van der Waals surface area contributed by atoms with Crippen molar-refractivity contribution < 1.29 is 4.74 Å². The van der Waals surface area contributed by atoms with Crippen molar-refractivity contribution in [2.45, 2.75) is 6.42 Å². The van der Waals surface area contributed by atoms with Gasteiger partial charge in [-0.05, 0) is 24.6 Å². The Kier molecular flexibility index (Phi) is 3.98. The normalized spacial score (nSPS) is 10.1. The highest BCUT2D eigenvalue weighted by atomic mass is 35.5. The van der Waals surface area contributed by atoms with Crippen LogP contribution in [0.15, 0.2) is 16.9 Å². The number of halogens is 1. The zero-order valence-electron chi connectivity index (χ0n) is 8.87. The Hall–Kier alpha value is -1.46. The minimum atomic E-state index is -0.132. The number of benzene rings is 1. The largest absolute Gasteiger partial charge is 0.494 e. The lowest BCUT2D eigenvalue weighted by atomic mass is 10.1. The van der Waals surface area contributed by atoms with E-state index in [4.69, 9.17) is 10.5 Å². The fraction of sp³-hybridized carbons (Fsp3) is 0.300. The second kappa shape index (κ2) is 5.05. The minimum absolute atomic E-state index is 0. The molecule has 2 rings (SSSR count). The molecule has 0 radical (unpaired) electrons. The number of rotatable bonds is 3. The molecule has 5 nitrogen and oxygen atoms in total. The first kappa shape index (κ1) is 12.6. The van der Waals surface area contributed by atoms with Gasteiger partial charge in [0, 0.05) is 0 Å². The molecule has 0 fully saturated rings. The van der Waals surface area contributed by atoms with Crippen LogP contribution >= 0.6 is 12.4 Å². The summed E-state index contributed by atoms with van der Waals surface area (Å²) in [7, 11) is 1.57. The standard InChI is InChI=1S/C10H13N3O2.ClH/c1-15-7-3-2-6(4-5-11)8-9(7)12-13-10(8)14;/h2-3H,4-5,11H2,1H3,(H2,12,13,14);1H. The molecule has 1 aromatic carbocycles. The van der Waals surface area contributed by atoms with E-state index in [-0.39, 0.29) is 18.0 Å². The van der Waals surface area contributed by atoms with Crippen molar-refractivity contribution in [1.29, 1.82) is 0 Å². The Bertz CT molecular complexity index is 532. The van der Waals surface area contributed by atoms with E-state index < -0.39 is 0 Å². The van der Waals surface area contributed by atoms with E-state index >= 15 is 0 Å². The molecule has 0 aliphatic heterocycles. The van der Waals surface area contributed by atoms with Crippen molar-refractivity contribution in [3.8, 4) is 5.75 Å². The van der Waals surface area contributed by atoms with Gasteiger partial charge in [0.25, 0.3) is 5.56 Å². The van der Waals surface area contributed by atoms with E-state index in [0.717, 1.165) is 5.56 Å². The van der Waals surface area contributed by atoms with Crippen LogP contribution in [0.3, 0.4) is 0 Å². The van der Waals surface area contributed by atoms with Crippen molar-refractivity contribution in [2.24, 2.45) is 5.73 Å². The first-order valence-electron chi connectivity index (χ1n) is 4.74. The third-order valence-corrected chi connectivity index (χ3v) is 2.42. The molecule has 0 spiro atoms. The monoisotopic (exact) mass is 243 g/mol. The molecule has 1 heterocycles. The number of methoxy groups -OCH3 is 1. The number of fused-ring (bicyclic) bond motifs is 1. The van der Waals surface area contributed by atoms with E-state index in [1.807, 2.05) is 12.1 Å². The van der Waals surface area contributed by atoms with Crippen molar-refractivity contribution in [2.75, 3.05) is 13.7 Å². The quantitative estimate of drug-likeness (QED) is 0.745. The van der Waals surface area contributed by atoms with E-state index in [0.29, 0.717) is 29.6 Å². The van der Waals surface area contributed by atoms with Gasteiger partial charge in [-0.25, -0.2) is 0 Å². The molecule has 0 bridgehead atoms. The van der Waals surface area contributed by atoms with Crippen LogP contribution < -0.4 is 16.0 Å². The molecule has 88 valence electrons. The maximum Gasteiger partial charge on any atom is 0.272 e. The molecule has 0 atom stereocenters. The van der Waals surface area contributed by atoms with Gasteiger partial charge in [-0.15, -0.1) is 12.4 Å². The molecule has 0 saturated carbocycles. The second-order valence-electron chi connectivity index (χ2n) is 3.29. The van der Waals surface area contributed by atoms with E-state index in [2.05, 4.69) is 10.2 Å². The lowest BCUT2D eigenvalue weighted by molar-refractivity contribution is 0.418. The molecular weight excluding hydrogens is 230 g/mol. The smallest absolute Gasteiger partial charge is 0.272 e. The Balaban J connectivity index is 0.00000128. The summed E-state index contributed by atoms with van der Waals surface area (Å²) in [6, 6.07) is 3.70. The highest BCUT2D eigenvalue weighted by Gasteiger charge is 2.10. The summed E-state index contributed by atoms with van der Waals surface area (Å²) in [4.78, 5) is 11.6. The SMILES string of the molecule is COc1ccc(CCN)c2c(=O)[nH][nH]c12.Cl. The molecule has 0 saturated heterocycles. The van der Waals surface area contributed by atoms with Gasteiger partial charge in [0.15, 0.2) is 0 Å². The molecule has 2 aromatic rings. The Labute approximate surface area is 98.4 Å². The number of aromatic nitrogens is 2. The predicted octanol–water partition coefficient (Wildman–Crippen LogP) is 0.788. The molecule has 1 aromatic heterocycles. The van der Waals surface area contributed by atoms with Gasteiger partial charge in [-0.3, -0.25) is 15.0 Å². The van der Waals surface area contributed by atoms with Crippen LogP contribution in [0.2, 0.25) is 0 Å². The van der Waals surface area contributed by atoms with Crippen LogP contribution in [0.1, 0.15) is 5.56 Å². The third-order valence-electron chi connectivity index (χ3n) is 2.42. The van der Waals surface area contributed by atoms with Crippen LogP contribution in [-0.2, 0) is 6.42 Å². The van der Waals surface area contributed by atoms with E-state index in [1.54, 1.807) is 7.11 Å². The molecule has 0 unspecified atom stereocenters. The summed E-state index contributed by atoms with van der Waals surface area (Å²) < 4.78 is 5.15. The van der Waals surface area contributed by atoms with Crippen LogP contribution in [0.4, 0.5) is 0 Å². The van der Waals surface area contributed by atoms with Gasteiger partial charge in [-0.2, -0.15) is 0 Å². The summed E-state index contributed by atoms with van der Waals surface area (Å²) in [5, 5.41) is 5.99. The van der Waals surface area contributed by atoms with Crippen molar-refractivity contribution in [3.63, 3.8) is 0 Å². The average Bonchev–Trinajstić information content (AvgIpc) is 2.62. The molecule has 0 aliphatic rings. The second-order valence-corrected chi connectivity index (χ2v) is 3.29.